The zero-order chi connectivity index (χ0) is 18.4. The van der Waals surface area contributed by atoms with Gasteiger partial charge in [-0.15, -0.1) is 0 Å². The second kappa shape index (κ2) is 8.15. The Morgan fingerprint density at radius 2 is 1.58 bits per heavy atom. The number of nitrogens with zero attached hydrogens (tertiary/aromatic N) is 1. The van der Waals surface area contributed by atoms with Gasteiger partial charge >= 0.3 is 0 Å². The number of ether oxygens (including phenoxy) is 2. The molecular weight excluding hydrogens is 322 g/mol. The minimum atomic E-state index is -0.0498. The highest BCUT2D eigenvalue weighted by Gasteiger charge is 2.20. The van der Waals surface area contributed by atoms with Crippen molar-refractivity contribution in [2.45, 2.75) is 32.8 Å². The van der Waals surface area contributed by atoms with Gasteiger partial charge in [0.2, 0.25) is 5.88 Å². The normalized spacial score (nSPS) is 11.3. The fraction of sp³-hybridized carbons (Fsp3) is 0.261. The summed E-state index contributed by atoms with van der Waals surface area (Å²) in [5.74, 6) is 1.36. The maximum absolute atomic E-state index is 5.96. The molecule has 0 N–H and O–H groups in total. The van der Waals surface area contributed by atoms with Gasteiger partial charge in [0.1, 0.15) is 5.75 Å². The van der Waals surface area contributed by atoms with Gasteiger partial charge < -0.3 is 9.47 Å². The minimum absolute atomic E-state index is 0.0498. The largest absolute Gasteiger partial charge is 0.439 e. The molecule has 1 heterocycles. The van der Waals surface area contributed by atoms with Crippen molar-refractivity contribution in [2.24, 2.45) is 0 Å². The Hall–Kier alpha value is -2.65. The number of benzene rings is 2. The molecule has 0 saturated heterocycles. The molecule has 26 heavy (non-hydrogen) atoms. The average molecular weight is 347 g/mol. The fourth-order valence-corrected chi connectivity index (χ4v) is 2.70. The molecule has 134 valence electrons. The van der Waals surface area contributed by atoms with Gasteiger partial charge in [-0.25, -0.2) is 4.98 Å². The molecule has 0 bridgehead atoms. The van der Waals surface area contributed by atoms with Crippen LogP contribution in [0, 0.1) is 6.92 Å². The van der Waals surface area contributed by atoms with Crippen molar-refractivity contribution in [1.29, 1.82) is 0 Å². The molecule has 0 atom stereocenters. The number of para-hydroxylation sites is 1. The summed E-state index contributed by atoms with van der Waals surface area (Å²) in [6.07, 6.45) is 0. The second-order valence-corrected chi connectivity index (χ2v) is 7.12. The van der Waals surface area contributed by atoms with Crippen LogP contribution in [0.25, 0.3) is 0 Å². The maximum atomic E-state index is 5.96. The monoisotopic (exact) mass is 347 g/mol. The summed E-state index contributed by atoms with van der Waals surface area (Å²) < 4.78 is 11.7. The molecule has 2 aromatic carbocycles. The topological polar surface area (TPSA) is 31.4 Å². The van der Waals surface area contributed by atoms with E-state index in [9.17, 15) is 0 Å². The Kier molecular flexibility index (Phi) is 5.69. The first-order valence-electron chi connectivity index (χ1n) is 8.87. The molecule has 3 heteroatoms. The number of pyridine rings is 1. The lowest BCUT2D eigenvalue weighted by Crippen LogP contribution is -2.24. The number of aromatic nitrogens is 1. The molecule has 0 saturated carbocycles. The van der Waals surface area contributed by atoms with E-state index in [1.165, 1.54) is 11.1 Å². The van der Waals surface area contributed by atoms with E-state index >= 15 is 0 Å². The van der Waals surface area contributed by atoms with Crippen LogP contribution in [0.3, 0.4) is 0 Å². The van der Waals surface area contributed by atoms with Crippen molar-refractivity contribution < 1.29 is 9.47 Å². The van der Waals surface area contributed by atoms with E-state index < -0.39 is 0 Å². The number of hydrogen-bond donors (Lipinski definition) is 0. The van der Waals surface area contributed by atoms with E-state index in [0.717, 1.165) is 11.4 Å². The SMILES string of the molecule is Cc1ccc(C(C)(C)COCc2cccc(Oc3ccccc3)n2)cc1. The first-order chi connectivity index (χ1) is 12.5. The van der Waals surface area contributed by atoms with Crippen LogP contribution >= 0.6 is 0 Å². The second-order valence-electron chi connectivity index (χ2n) is 7.12. The van der Waals surface area contributed by atoms with Gasteiger partial charge in [-0.05, 0) is 30.7 Å². The van der Waals surface area contributed by atoms with Crippen LogP contribution < -0.4 is 4.74 Å². The molecule has 0 aliphatic rings. The Balaban J connectivity index is 1.58. The first-order valence-corrected chi connectivity index (χ1v) is 8.87. The van der Waals surface area contributed by atoms with Gasteiger partial charge in [-0.1, -0.05) is 67.9 Å². The number of hydrogen-bond acceptors (Lipinski definition) is 3. The molecule has 1 aromatic heterocycles. The van der Waals surface area contributed by atoms with E-state index in [1.54, 1.807) is 0 Å². The van der Waals surface area contributed by atoms with Crippen LogP contribution in [-0.4, -0.2) is 11.6 Å². The van der Waals surface area contributed by atoms with Gasteiger partial charge in [0, 0.05) is 11.5 Å². The highest BCUT2D eigenvalue weighted by Crippen LogP contribution is 2.24. The lowest BCUT2D eigenvalue weighted by atomic mass is 9.85. The third-order valence-electron chi connectivity index (χ3n) is 4.29. The smallest absolute Gasteiger partial charge is 0.219 e. The van der Waals surface area contributed by atoms with Crippen LogP contribution in [0.2, 0.25) is 0 Å². The van der Waals surface area contributed by atoms with E-state index in [1.807, 2.05) is 48.5 Å². The molecule has 0 radical (unpaired) electrons. The zero-order valence-corrected chi connectivity index (χ0v) is 15.6. The number of aryl methyl sites for hydroxylation is 1. The molecule has 0 spiro atoms. The minimum Gasteiger partial charge on any atom is -0.439 e. The highest BCUT2D eigenvalue weighted by atomic mass is 16.5. The average Bonchev–Trinajstić information content (AvgIpc) is 2.63. The summed E-state index contributed by atoms with van der Waals surface area (Å²) in [6, 6.07) is 24.0. The quantitative estimate of drug-likeness (QED) is 0.551. The van der Waals surface area contributed by atoms with Crippen molar-refractivity contribution in [2.75, 3.05) is 6.61 Å². The van der Waals surface area contributed by atoms with E-state index in [2.05, 4.69) is 50.0 Å². The van der Waals surface area contributed by atoms with Crippen LogP contribution in [0.1, 0.15) is 30.7 Å². The van der Waals surface area contributed by atoms with Gasteiger partial charge in [-0.2, -0.15) is 0 Å². The zero-order valence-electron chi connectivity index (χ0n) is 15.6. The molecule has 0 amide bonds. The fourth-order valence-electron chi connectivity index (χ4n) is 2.70. The van der Waals surface area contributed by atoms with E-state index in [-0.39, 0.29) is 5.41 Å². The summed E-state index contributed by atoms with van der Waals surface area (Å²) in [5, 5.41) is 0. The van der Waals surface area contributed by atoms with Gasteiger partial charge in [0.25, 0.3) is 0 Å². The summed E-state index contributed by atoms with van der Waals surface area (Å²) in [6.45, 7) is 7.58. The molecule has 3 nitrogen and oxygen atoms in total. The Morgan fingerprint density at radius 1 is 0.846 bits per heavy atom. The molecule has 0 aliphatic carbocycles. The Labute approximate surface area is 155 Å². The number of rotatable bonds is 7. The lowest BCUT2D eigenvalue weighted by Gasteiger charge is -2.25. The van der Waals surface area contributed by atoms with Crippen molar-refractivity contribution in [1.82, 2.24) is 4.98 Å². The summed E-state index contributed by atoms with van der Waals surface area (Å²) in [5.41, 5.74) is 3.35. The molecular formula is C23H25NO2. The van der Waals surface area contributed by atoms with Crippen LogP contribution in [0.4, 0.5) is 0 Å². The van der Waals surface area contributed by atoms with Crippen molar-refractivity contribution in [3.8, 4) is 11.6 Å². The summed E-state index contributed by atoms with van der Waals surface area (Å²) >= 11 is 0. The Morgan fingerprint density at radius 3 is 2.31 bits per heavy atom. The summed E-state index contributed by atoms with van der Waals surface area (Å²) in [7, 11) is 0. The first kappa shape index (κ1) is 18.2. The van der Waals surface area contributed by atoms with E-state index in [4.69, 9.17) is 9.47 Å². The predicted molar refractivity (Wildman–Crippen MR) is 105 cm³/mol. The Bertz CT molecular complexity index is 826. The van der Waals surface area contributed by atoms with Gasteiger partial charge in [0.15, 0.2) is 0 Å². The van der Waals surface area contributed by atoms with Crippen molar-refractivity contribution in [3.05, 3.63) is 89.6 Å². The molecule has 0 aliphatic heterocycles. The third kappa shape index (κ3) is 4.93. The lowest BCUT2D eigenvalue weighted by molar-refractivity contribution is 0.0802. The third-order valence-corrected chi connectivity index (χ3v) is 4.29. The molecule has 3 aromatic rings. The van der Waals surface area contributed by atoms with E-state index in [0.29, 0.717) is 19.1 Å². The standard InChI is InChI=1S/C23H25NO2/c1-18-12-14-19(15-13-18)23(2,3)17-25-16-20-8-7-11-22(24-20)26-21-9-5-4-6-10-21/h4-15H,16-17H2,1-3H3. The van der Waals surface area contributed by atoms with Gasteiger partial charge in [0.05, 0.1) is 18.9 Å². The van der Waals surface area contributed by atoms with Crippen LogP contribution in [-0.2, 0) is 16.8 Å². The van der Waals surface area contributed by atoms with Crippen molar-refractivity contribution >= 4 is 0 Å². The highest BCUT2D eigenvalue weighted by molar-refractivity contribution is 5.28. The predicted octanol–water partition coefficient (Wildman–Crippen LogP) is 5.68. The van der Waals surface area contributed by atoms with Gasteiger partial charge in [-0.3, -0.25) is 0 Å². The summed E-state index contributed by atoms with van der Waals surface area (Å²) in [4.78, 5) is 4.52. The van der Waals surface area contributed by atoms with Crippen LogP contribution in [0.15, 0.2) is 72.8 Å². The molecule has 3 rings (SSSR count). The van der Waals surface area contributed by atoms with Crippen LogP contribution in [0.5, 0.6) is 11.6 Å². The molecule has 0 unspecified atom stereocenters. The van der Waals surface area contributed by atoms with Crippen molar-refractivity contribution in [3.63, 3.8) is 0 Å². The maximum Gasteiger partial charge on any atom is 0.219 e. The molecule has 0 fully saturated rings.